The van der Waals surface area contributed by atoms with Gasteiger partial charge in [-0.25, -0.2) is 0 Å². The van der Waals surface area contributed by atoms with Crippen LogP contribution in [0.15, 0.2) is 0 Å². The average molecular weight is 196 g/mol. The van der Waals surface area contributed by atoms with Crippen molar-refractivity contribution in [2.75, 3.05) is 19.6 Å². The maximum absolute atomic E-state index is 6.23. The Morgan fingerprint density at radius 1 is 1.50 bits per heavy atom. The first-order chi connectivity index (χ1) is 6.74. The van der Waals surface area contributed by atoms with E-state index in [1.165, 1.54) is 0 Å². The standard InChI is InChI=1S/C8H16N6/c1-2-14-5-3-8(9,4-6-14)7-10-12-13-11-7/h2-6,9H2,1H3,(H,10,11,12,13). The lowest BCUT2D eigenvalue weighted by Crippen LogP contribution is -2.48. The molecular weight excluding hydrogens is 180 g/mol. The zero-order valence-electron chi connectivity index (χ0n) is 8.40. The Labute approximate surface area is 82.9 Å². The number of aromatic amines is 1. The first kappa shape index (κ1) is 9.54. The summed E-state index contributed by atoms with van der Waals surface area (Å²) < 4.78 is 0. The molecule has 1 aliphatic heterocycles. The number of tetrazole rings is 1. The number of nitrogens with one attached hydrogen (secondary N) is 1. The van der Waals surface area contributed by atoms with Gasteiger partial charge >= 0.3 is 0 Å². The van der Waals surface area contributed by atoms with E-state index in [4.69, 9.17) is 5.73 Å². The molecule has 0 unspecified atom stereocenters. The van der Waals surface area contributed by atoms with Crippen molar-refractivity contribution in [1.29, 1.82) is 0 Å². The minimum atomic E-state index is -0.376. The summed E-state index contributed by atoms with van der Waals surface area (Å²) in [5.41, 5.74) is 5.85. The van der Waals surface area contributed by atoms with Gasteiger partial charge in [-0.1, -0.05) is 12.1 Å². The van der Waals surface area contributed by atoms with Crippen LogP contribution in [0.25, 0.3) is 0 Å². The highest BCUT2D eigenvalue weighted by molar-refractivity contribution is 5.03. The second-order valence-electron chi connectivity index (χ2n) is 3.83. The van der Waals surface area contributed by atoms with Crippen molar-refractivity contribution in [3.63, 3.8) is 0 Å². The third-order valence-corrected chi connectivity index (χ3v) is 2.99. The molecule has 0 aromatic carbocycles. The lowest BCUT2D eigenvalue weighted by Gasteiger charge is -2.36. The predicted octanol–water partition coefficient (Wildman–Crippen LogP) is -0.531. The van der Waals surface area contributed by atoms with Crippen molar-refractivity contribution in [3.8, 4) is 0 Å². The normalized spacial score (nSPS) is 22.4. The quantitative estimate of drug-likeness (QED) is 0.664. The number of piperidine rings is 1. The van der Waals surface area contributed by atoms with Gasteiger partial charge in [-0.05, 0) is 19.4 Å². The Bertz CT molecular complexity index is 274. The highest BCUT2D eigenvalue weighted by Crippen LogP contribution is 2.26. The highest BCUT2D eigenvalue weighted by atomic mass is 15.5. The molecule has 0 aliphatic carbocycles. The van der Waals surface area contributed by atoms with Gasteiger partial charge in [0.1, 0.15) is 0 Å². The fraction of sp³-hybridized carbons (Fsp3) is 0.875. The molecule has 1 fully saturated rings. The lowest BCUT2D eigenvalue weighted by molar-refractivity contribution is 0.163. The smallest absolute Gasteiger partial charge is 0.194 e. The molecule has 3 N–H and O–H groups in total. The maximum Gasteiger partial charge on any atom is 0.194 e. The van der Waals surface area contributed by atoms with Crippen LogP contribution < -0.4 is 5.73 Å². The maximum atomic E-state index is 6.23. The average Bonchev–Trinajstić information content (AvgIpc) is 2.72. The van der Waals surface area contributed by atoms with Gasteiger partial charge in [0.15, 0.2) is 5.82 Å². The Kier molecular flexibility index (Phi) is 2.47. The van der Waals surface area contributed by atoms with Crippen LogP contribution in [0.3, 0.4) is 0 Å². The molecule has 0 radical (unpaired) electrons. The van der Waals surface area contributed by atoms with Crippen LogP contribution in [0, 0.1) is 0 Å². The van der Waals surface area contributed by atoms with Crippen LogP contribution in [0.2, 0.25) is 0 Å². The molecule has 78 valence electrons. The number of rotatable bonds is 2. The molecule has 0 amide bonds. The van der Waals surface area contributed by atoms with Gasteiger partial charge in [-0.15, -0.1) is 10.2 Å². The topological polar surface area (TPSA) is 83.7 Å². The summed E-state index contributed by atoms with van der Waals surface area (Å²) in [6.07, 6.45) is 1.81. The van der Waals surface area contributed by atoms with E-state index < -0.39 is 0 Å². The molecule has 1 saturated heterocycles. The molecular formula is C8H16N6. The number of nitrogens with zero attached hydrogens (tertiary/aromatic N) is 4. The Morgan fingerprint density at radius 3 is 2.71 bits per heavy atom. The Morgan fingerprint density at radius 2 is 2.21 bits per heavy atom. The molecule has 0 atom stereocenters. The zero-order valence-corrected chi connectivity index (χ0v) is 8.40. The van der Waals surface area contributed by atoms with E-state index in [2.05, 4.69) is 32.4 Å². The van der Waals surface area contributed by atoms with Gasteiger partial charge < -0.3 is 10.6 Å². The molecule has 0 bridgehead atoms. The first-order valence-electron chi connectivity index (χ1n) is 5.00. The number of aromatic nitrogens is 4. The molecule has 0 saturated carbocycles. The van der Waals surface area contributed by atoms with Crippen LogP contribution in [-0.4, -0.2) is 45.2 Å². The van der Waals surface area contributed by atoms with E-state index >= 15 is 0 Å². The van der Waals surface area contributed by atoms with E-state index in [1.807, 2.05) is 0 Å². The Hall–Kier alpha value is -1.01. The summed E-state index contributed by atoms with van der Waals surface area (Å²) >= 11 is 0. The molecule has 0 spiro atoms. The van der Waals surface area contributed by atoms with E-state index in [1.54, 1.807) is 0 Å². The van der Waals surface area contributed by atoms with Crippen molar-refractivity contribution < 1.29 is 0 Å². The predicted molar refractivity (Wildman–Crippen MR) is 51.4 cm³/mol. The number of H-pyrrole nitrogens is 1. The first-order valence-corrected chi connectivity index (χ1v) is 5.00. The van der Waals surface area contributed by atoms with Gasteiger partial charge in [0.2, 0.25) is 0 Å². The van der Waals surface area contributed by atoms with Gasteiger partial charge in [0.25, 0.3) is 0 Å². The van der Waals surface area contributed by atoms with Crippen molar-refractivity contribution in [3.05, 3.63) is 5.82 Å². The van der Waals surface area contributed by atoms with Crippen LogP contribution >= 0.6 is 0 Å². The van der Waals surface area contributed by atoms with Crippen LogP contribution in [-0.2, 0) is 5.54 Å². The molecule has 1 aliphatic rings. The largest absolute Gasteiger partial charge is 0.319 e. The molecule has 2 heterocycles. The highest BCUT2D eigenvalue weighted by Gasteiger charge is 2.35. The molecule has 6 heteroatoms. The summed E-state index contributed by atoms with van der Waals surface area (Å²) in [4.78, 5) is 2.38. The van der Waals surface area contributed by atoms with E-state index in [0.717, 1.165) is 32.5 Å². The Balaban J connectivity index is 2.06. The summed E-state index contributed by atoms with van der Waals surface area (Å²) in [6, 6.07) is 0. The minimum absolute atomic E-state index is 0.376. The third kappa shape index (κ3) is 1.62. The van der Waals surface area contributed by atoms with Crippen LogP contribution in [0.4, 0.5) is 0 Å². The van der Waals surface area contributed by atoms with Crippen molar-refractivity contribution in [2.24, 2.45) is 5.73 Å². The van der Waals surface area contributed by atoms with Crippen LogP contribution in [0.5, 0.6) is 0 Å². The monoisotopic (exact) mass is 196 g/mol. The number of likely N-dealkylation sites (tertiary alicyclic amines) is 1. The van der Waals surface area contributed by atoms with Crippen LogP contribution in [0.1, 0.15) is 25.6 Å². The summed E-state index contributed by atoms with van der Waals surface area (Å²) in [5, 5.41) is 13.9. The van der Waals surface area contributed by atoms with Crippen molar-refractivity contribution in [1.82, 2.24) is 25.5 Å². The van der Waals surface area contributed by atoms with E-state index in [0.29, 0.717) is 5.82 Å². The summed E-state index contributed by atoms with van der Waals surface area (Å²) in [6.45, 7) is 5.28. The minimum Gasteiger partial charge on any atom is -0.319 e. The second-order valence-corrected chi connectivity index (χ2v) is 3.83. The van der Waals surface area contributed by atoms with Crippen molar-refractivity contribution >= 4 is 0 Å². The van der Waals surface area contributed by atoms with Crippen molar-refractivity contribution in [2.45, 2.75) is 25.3 Å². The van der Waals surface area contributed by atoms with Gasteiger partial charge in [0, 0.05) is 13.1 Å². The van der Waals surface area contributed by atoms with E-state index in [-0.39, 0.29) is 5.54 Å². The van der Waals surface area contributed by atoms with Gasteiger partial charge in [-0.2, -0.15) is 5.21 Å². The van der Waals surface area contributed by atoms with Gasteiger partial charge in [-0.3, -0.25) is 0 Å². The molecule has 14 heavy (non-hydrogen) atoms. The SMILES string of the molecule is CCN1CCC(N)(c2nn[nH]n2)CC1. The number of nitrogens with two attached hydrogens (primary N) is 1. The molecule has 2 rings (SSSR count). The fourth-order valence-corrected chi connectivity index (χ4v) is 1.86. The lowest BCUT2D eigenvalue weighted by atomic mass is 9.88. The zero-order chi connectivity index (χ0) is 10.0. The fourth-order valence-electron chi connectivity index (χ4n) is 1.86. The third-order valence-electron chi connectivity index (χ3n) is 2.99. The van der Waals surface area contributed by atoms with Gasteiger partial charge in [0.05, 0.1) is 5.54 Å². The molecule has 1 aromatic heterocycles. The number of hydrogen-bond donors (Lipinski definition) is 2. The molecule has 1 aromatic rings. The summed E-state index contributed by atoms with van der Waals surface area (Å²) in [7, 11) is 0. The second kappa shape index (κ2) is 3.62. The number of hydrogen-bond acceptors (Lipinski definition) is 5. The summed E-state index contributed by atoms with van der Waals surface area (Å²) in [5.74, 6) is 0.647. The van der Waals surface area contributed by atoms with E-state index in [9.17, 15) is 0 Å². The molecule has 6 nitrogen and oxygen atoms in total.